The molecule has 0 bridgehead atoms. The fourth-order valence-corrected chi connectivity index (χ4v) is 4.80. The maximum absolute atomic E-state index is 12.1. The number of hydrogen-bond acceptors (Lipinski definition) is 4. The molecular weight excluding hydrogens is 310 g/mol. The fourth-order valence-electron chi connectivity index (χ4n) is 3.78. The van der Waals surface area contributed by atoms with Crippen LogP contribution < -0.4 is 10.6 Å². The zero-order chi connectivity index (χ0) is 16.2. The molecule has 2 aliphatic rings. The summed E-state index contributed by atoms with van der Waals surface area (Å²) in [5.41, 5.74) is 1.18. The molecule has 1 saturated heterocycles. The number of aryl methyl sites for hydroxylation is 2. The van der Waals surface area contributed by atoms with Crippen molar-refractivity contribution < 1.29 is 9.53 Å². The molecule has 0 spiro atoms. The number of fused-ring (bicyclic) bond motifs is 1. The number of carbonyl (C=O) groups excluding carboxylic acids is 1. The van der Waals surface area contributed by atoms with Crippen LogP contribution in [-0.2, 0) is 17.6 Å². The molecule has 6 heteroatoms. The fraction of sp³-hybridized carbons (Fsp3) is 0.765. The van der Waals surface area contributed by atoms with Crippen LogP contribution in [0.3, 0.4) is 0 Å². The number of rotatable bonds is 5. The van der Waals surface area contributed by atoms with Gasteiger partial charge in [-0.05, 0) is 39.0 Å². The average molecular weight is 337 g/mol. The SMILES string of the molecule is CCc1nc(CCNC(=O)N[C@@H]2CCC[C@H]3OCC[C@H]23)sc1C. The van der Waals surface area contributed by atoms with E-state index in [1.165, 1.54) is 10.6 Å². The van der Waals surface area contributed by atoms with Gasteiger partial charge in [0.1, 0.15) is 0 Å². The lowest BCUT2D eigenvalue weighted by atomic mass is 9.82. The van der Waals surface area contributed by atoms with Crippen molar-refractivity contribution in [2.24, 2.45) is 5.92 Å². The van der Waals surface area contributed by atoms with Crippen LogP contribution >= 0.6 is 11.3 Å². The summed E-state index contributed by atoms with van der Waals surface area (Å²) in [5.74, 6) is 0.503. The number of carbonyl (C=O) groups is 1. The van der Waals surface area contributed by atoms with Crippen molar-refractivity contribution in [3.8, 4) is 0 Å². The first-order valence-electron chi connectivity index (χ1n) is 8.78. The lowest BCUT2D eigenvalue weighted by Crippen LogP contribution is -2.49. The van der Waals surface area contributed by atoms with Gasteiger partial charge in [0, 0.05) is 36.4 Å². The lowest BCUT2D eigenvalue weighted by Gasteiger charge is -2.33. The van der Waals surface area contributed by atoms with Gasteiger partial charge < -0.3 is 15.4 Å². The summed E-state index contributed by atoms with van der Waals surface area (Å²) in [6.07, 6.45) is 6.58. The Morgan fingerprint density at radius 1 is 1.39 bits per heavy atom. The second-order valence-electron chi connectivity index (χ2n) is 6.51. The van der Waals surface area contributed by atoms with E-state index in [0.29, 0.717) is 18.6 Å². The Balaban J connectivity index is 1.42. The summed E-state index contributed by atoms with van der Waals surface area (Å²) in [7, 11) is 0. The van der Waals surface area contributed by atoms with E-state index < -0.39 is 0 Å². The van der Waals surface area contributed by atoms with Crippen LogP contribution in [0.1, 0.15) is 48.2 Å². The average Bonchev–Trinajstić information content (AvgIpc) is 3.14. The molecule has 23 heavy (non-hydrogen) atoms. The number of nitrogens with zero attached hydrogens (tertiary/aromatic N) is 1. The van der Waals surface area contributed by atoms with E-state index in [9.17, 15) is 4.79 Å². The number of ether oxygens (including phenoxy) is 1. The highest BCUT2D eigenvalue weighted by Crippen LogP contribution is 2.34. The van der Waals surface area contributed by atoms with Crippen molar-refractivity contribution >= 4 is 17.4 Å². The third-order valence-corrected chi connectivity index (χ3v) is 6.07. The zero-order valence-electron chi connectivity index (χ0n) is 14.1. The molecule has 1 aliphatic heterocycles. The van der Waals surface area contributed by atoms with E-state index in [2.05, 4.69) is 29.5 Å². The van der Waals surface area contributed by atoms with Crippen molar-refractivity contribution in [3.63, 3.8) is 0 Å². The first-order chi connectivity index (χ1) is 11.2. The number of nitrogens with one attached hydrogen (secondary N) is 2. The smallest absolute Gasteiger partial charge is 0.315 e. The minimum absolute atomic E-state index is 0.0495. The summed E-state index contributed by atoms with van der Waals surface area (Å²) in [6.45, 7) is 5.72. The number of hydrogen-bond donors (Lipinski definition) is 2. The minimum atomic E-state index is -0.0495. The second kappa shape index (κ2) is 7.62. The van der Waals surface area contributed by atoms with Crippen LogP contribution in [0, 0.1) is 12.8 Å². The summed E-state index contributed by atoms with van der Waals surface area (Å²) in [6, 6.07) is 0.219. The Morgan fingerprint density at radius 3 is 3.04 bits per heavy atom. The molecule has 2 N–H and O–H groups in total. The Kier molecular flexibility index (Phi) is 5.54. The summed E-state index contributed by atoms with van der Waals surface area (Å²) >= 11 is 1.74. The second-order valence-corrected chi connectivity index (χ2v) is 7.80. The first kappa shape index (κ1) is 16.7. The van der Waals surface area contributed by atoms with E-state index in [1.54, 1.807) is 11.3 Å². The van der Waals surface area contributed by atoms with E-state index in [0.717, 1.165) is 50.1 Å². The van der Waals surface area contributed by atoms with Crippen molar-refractivity contribution in [3.05, 3.63) is 15.6 Å². The predicted molar refractivity (Wildman–Crippen MR) is 92.0 cm³/mol. The van der Waals surface area contributed by atoms with E-state index in [1.807, 2.05) is 0 Å². The largest absolute Gasteiger partial charge is 0.378 e. The molecule has 3 atom stereocenters. The standard InChI is InChI=1S/C17H27N3O2S/c1-3-13-11(2)23-16(19-13)7-9-18-17(21)20-14-5-4-6-15-12(14)8-10-22-15/h12,14-15H,3-10H2,1-2H3,(H2,18,20,21)/t12-,14-,15-/m1/s1. The number of thiazole rings is 1. The third-order valence-electron chi connectivity index (χ3n) is 4.99. The molecule has 0 unspecified atom stereocenters. The van der Waals surface area contributed by atoms with Crippen LogP contribution in [0.4, 0.5) is 4.79 Å². The van der Waals surface area contributed by atoms with Crippen LogP contribution in [0.15, 0.2) is 0 Å². The van der Waals surface area contributed by atoms with E-state index in [-0.39, 0.29) is 12.1 Å². The molecule has 2 heterocycles. The van der Waals surface area contributed by atoms with Gasteiger partial charge in [0.25, 0.3) is 0 Å². The first-order valence-corrected chi connectivity index (χ1v) is 9.60. The topological polar surface area (TPSA) is 63.2 Å². The summed E-state index contributed by atoms with van der Waals surface area (Å²) in [5, 5.41) is 7.25. The van der Waals surface area contributed by atoms with Gasteiger partial charge in [-0.3, -0.25) is 0 Å². The molecule has 0 aromatic carbocycles. The van der Waals surface area contributed by atoms with Gasteiger partial charge in [-0.2, -0.15) is 0 Å². The van der Waals surface area contributed by atoms with Gasteiger partial charge in [0.2, 0.25) is 0 Å². The van der Waals surface area contributed by atoms with E-state index in [4.69, 9.17) is 4.74 Å². The molecular formula is C17H27N3O2S. The van der Waals surface area contributed by atoms with Gasteiger partial charge in [0.15, 0.2) is 0 Å². The van der Waals surface area contributed by atoms with Crippen molar-refractivity contribution in [1.82, 2.24) is 15.6 Å². The van der Waals surface area contributed by atoms with Gasteiger partial charge in [-0.25, -0.2) is 9.78 Å². The van der Waals surface area contributed by atoms with Gasteiger partial charge in [-0.15, -0.1) is 11.3 Å². The Labute approximate surface area is 142 Å². The third kappa shape index (κ3) is 4.04. The van der Waals surface area contributed by atoms with Crippen molar-refractivity contribution in [2.45, 2.75) is 64.5 Å². The van der Waals surface area contributed by atoms with E-state index >= 15 is 0 Å². The predicted octanol–water partition coefficient (Wildman–Crippen LogP) is 2.81. The molecule has 2 amide bonds. The zero-order valence-corrected chi connectivity index (χ0v) is 14.9. The Hall–Kier alpha value is -1.14. The molecule has 1 aliphatic carbocycles. The molecule has 1 aromatic rings. The quantitative estimate of drug-likeness (QED) is 0.868. The molecule has 2 fully saturated rings. The highest BCUT2D eigenvalue weighted by atomic mass is 32.1. The molecule has 5 nitrogen and oxygen atoms in total. The number of amides is 2. The maximum atomic E-state index is 12.1. The molecule has 128 valence electrons. The monoisotopic (exact) mass is 337 g/mol. The van der Waals surface area contributed by atoms with Gasteiger partial charge in [-0.1, -0.05) is 6.92 Å². The highest BCUT2D eigenvalue weighted by Gasteiger charge is 2.38. The van der Waals surface area contributed by atoms with Crippen LogP contribution in [-0.4, -0.2) is 36.3 Å². The van der Waals surface area contributed by atoms with Gasteiger partial charge in [0.05, 0.1) is 16.8 Å². The highest BCUT2D eigenvalue weighted by molar-refractivity contribution is 7.11. The molecule has 1 aromatic heterocycles. The number of urea groups is 1. The maximum Gasteiger partial charge on any atom is 0.315 e. The van der Waals surface area contributed by atoms with Crippen molar-refractivity contribution in [2.75, 3.05) is 13.2 Å². The van der Waals surface area contributed by atoms with Crippen LogP contribution in [0.25, 0.3) is 0 Å². The van der Waals surface area contributed by atoms with Crippen molar-refractivity contribution in [1.29, 1.82) is 0 Å². The van der Waals surface area contributed by atoms with Crippen LogP contribution in [0.2, 0.25) is 0 Å². The molecule has 3 rings (SSSR count). The molecule has 1 saturated carbocycles. The lowest BCUT2D eigenvalue weighted by molar-refractivity contribution is 0.0549. The Morgan fingerprint density at radius 2 is 2.26 bits per heavy atom. The molecule has 0 radical (unpaired) electrons. The van der Waals surface area contributed by atoms with Gasteiger partial charge >= 0.3 is 6.03 Å². The minimum Gasteiger partial charge on any atom is -0.378 e. The van der Waals surface area contributed by atoms with Crippen LogP contribution in [0.5, 0.6) is 0 Å². The normalized spacial score (nSPS) is 26.8. The summed E-state index contributed by atoms with van der Waals surface area (Å²) < 4.78 is 5.75. The Bertz CT molecular complexity index is 546. The summed E-state index contributed by atoms with van der Waals surface area (Å²) in [4.78, 5) is 18.0. The number of aromatic nitrogens is 1.